The Balaban J connectivity index is 1.73. The molecule has 4 atom stereocenters. The average molecular weight is 369 g/mol. The van der Waals surface area contributed by atoms with E-state index in [2.05, 4.69) is 81.4 Å². The first kappa shape index (κ1) is 17.9. The molecular weight excluding hydrogens is 340 g/mol. The number of hydrogen-bond acceptors (Lipinski definition) is 3. The van der Waals surface area contributed by atoms with Gasteiger partial charge in [-0.25, -0.2) is 0 Å². The Bertz CT molecular complexity index is 701. The predicted molar refractivity (Wildman–Crippen MR) is 106 cm³/mol. The van der Waals surface area contributed by atoms with Crippen LogP contribution in [0.2, 0.25) is 5.04 Å². The fraction of sp³-hybridized carbons (Fsp3) is 0.455. The van der Waals surface area contributed by atoms with Gasteiger partial charge in [0, 0.05) is 5.92 Å². The molecule has 1 saturated heterocycles. The highest BCUT2D eigenvalue weighted by molar-refractivity contribution is 6.99. The van der Waals surface area contributed by atoms with Crippen LogP contribution in [0.4, 0.5) is 0 Å². The third-order valence-electron chi connectivity index (χ3n) is 5.93. The molecule has 138 valence electrons. The van der Waals surface area contributed by atoms with Crippen molar-refractivity contribution >= 4 is 18.7 Å². The average Bonchev–Trinajstić information content (AvgIpc) is 3.37. The fourth-order valence-electron chi connectivity index (χ4n) is 4.50. The number of aliphatic hydroxyl groups excluding tert-OH is 1. The molecule has 0 spiro atoms. The minimum Gasteiger partial charge on any atom is -0.405 e. The second kappa shape index (κ2) is 6.61. The molecule has 1 heterocycles. The van der Waals surface area contributed by atoms with E-state index in [4.69, 9.17) is 9.16 Å². The Hall–Kier alpha value is -1.46. The van der Waals surface area contributed by atoms with Gasteiger partial charge >= 0.3 is 0 Å². The molecule has 1 aliphatic heterocycles. The highest BCUT2D eigenvalue weighted by Crippen LogP contribution is 2.51. The third kappa shape index (κ3) is 2.95. The van der Waals surface area contributed by atoms with Gasteiger partial charge in [-0.1, -0.05) is 81.4 Å². The van der Waals surface area contributed by atoms with Crippen molar-refractivity contribution in [2.75, 3.05) is 6.61 Å². The van der Waals surface area contributed by atoms with Crippen molar-refractivity contribution < 1.29 is 14.3 Å². The van der Waals surface area contributed by atoms with Crippen LogP contribution in [0.25, 0.3) is 0 Å². The molecule has 2 aromatic rings. The maximum absolute atomic E-state index is 9.97. The van der Waals surface area contributed by atoms with Gasteiger partial charge in [-0.05, 0) is 27.8 Å². The fourth-order valence-corrected chi connectivity index (χ4v) is 9.07. The van der Waals surface area contributed by atoms with Gasteiger partial charge in [0.05, 0.1) is 12.7 Å². The molecule has 2 aliphatic rings. The van der Waals surface area contributed by atoms with Gasteiger partial charge in [0.1, 0.15) is 0 Å². The van der Waals surface area contributed by atoms with Crippen molar-refractivity contribution in [3.63, 3.8) is 0 Å². The van der Waals surface area contributed by atoms with Crippen LogP contribution in [0, 0.1) is 11.8 Å². The molecule has 1 aliphatic carbocycles. The van der Waals surface area contributed by atoms with Crippen LogP contribution in [0.3, 0.4) is 0 Å². The van der Waals surface area contributed by atoms with Gasteiger partial charge in [-0.3, -0.25) is 0 Å². The largest absolute Gasteiger partial charge is 0.405 e. The minimum atomic E-state index is -2.51. The lowest BCUT2D eigenvalue weighted by Crippen LogP contribution is -2.67. The summed E-state index contributed by atoms with van der Waals surface area (Å²) >= 11 is 0. The standard InChI is InChI=1S/C22H28O3Si/c1-22(2,3)26(16-10-6-4-7-11-16,17-12-8-5-9-13-17)24-15-20-18-14-19(18)21(23)25-20/h4-13,18-21,23H,14-15H2,1-3H3/t18-,19+,20-,21+/m1/s1. The summed E-state index contributed by atoms with van der Waals surface area (Å²) in [4.78, 5) is 0. The zero-order valence-electron chi connectivity index (χ0n) is 15.8. The second-order valence-electron chi connectivity index (χ2n) is 8.60. The number of fused-ring (bicyclic) bond motifs is 1. The molecule has 26 heavy (non-hydrogen) atoms. The monoisotopic (exact) mass is 368 g/mol. The minimum absolute atomic E-state index is 0.0108. The van der Waals surface area contributed by atoms with Crippen LogP contribution in [0.15, 0.2) is 60.7 Å². The molecule has 0 amide bonds. The van der Waals surface area contributed by atoms with E-state index in [0.717, 1.165) is 6.42 Å². The van der Waals surface area contributed by atoms with Gasteiger partial charge in [-0.15, -0.1) is 0 Å². The van der Waals surface area contributed by atoms with Crippen molar-refractivity contribution in [1.29, 1.82) is 0 Å². The van der Waals surface area contributed by atoms with Gasteiger partial charge in [-0.2, -0.15) is 0 Å². The van der Waals surface area contributed by atoms with Crippen LogP contribution in [0.5, 0.6) is 0 Å². The highest BCUT2D eigenvalue weighted by atomic mass is 28.4. The maximum atomic E-state index is 9.97. The smallest absolute Gasteiger partial charge is 0.261 e. The molecule has 3 nitrogen and oxygen atoms in total. The van der Waals surface area contributed by atoms with Gasteiger partial charge < -0.3 is 14.3 Å². The predicted octanol–water partition coefficient (Wildman–Crippen LogP) is 2.92. The summed E-state index contributed by atoms with van der Waals surface area (Å²) in [5.74, 6) is 0.783. The number of aliphatic hydroxyl groups is 1. The summed E-state index contributed by atoms with van der Waals surface area (Å²) < 4.78 is 12.7. The zero-order chi connectivity index (χ0) is 18.4. The van der Waals surface area contributed by atoms with Crippen LogP contribution in [-0.4, -0.2) is 32.4 Å². The van der Waals surface area contributed by atoms with E-state index in [0.29, 0.717) is 18.4 Å². The summed E-state index contributed by atoms with van der Waals surface area (Å²) in [6.45, 7) is 7.39. The van der Waals surface area contributed by atoms with Crippen molar-refractivity contribution in [3.8, 4) is 0 Å². The van der Waals surface area contributed by atoms with Crippen LogP contribution in [-0.2, 0) is 9.16 Å². The molecule has 2 fully saturated rings. The third-order valence-corrected chi connectivity index (χ3v) is 10.9. The number of benzene rings is 2. The van der Waals surface area contributed by atoms with Gasteiger partial charge in [0.2, 0.25) is 0 Å². The zero-order valence-corrected chi connectivity index (χ0v) is 16.8. The molecule has 2 aromatic carbocycles. The Labute approximate surface area is 157 Å². The molecule has 0 unspecified atom stereocenters. The molecule has 4 heteroatoms. The summed E-state index contributed by atoms with van der Waals surface area (Å²) in [5, 5.41) is 12.5. The van der Waals surface area contributed by atoms with E-state index in [1.807, 2.05) is 0 Å². The Morgan fingerprint density at radius 1 is 0.962 bits per heavy atom. The Morgan fingerprint density at radius 2 is 1.50 bits per heavy atom. The normalized spacial score (nSPS) is 28.0. The van der Waals surface area contributed by atoms with Crippen molar-refractivity contribution in [2.45, 2.75) is 44.6 Å². The molecule has 0 bridgehead atoms. The second-order valence-corrected chi connectivity index (χ2v) is 12.9. The number of ether oxygens (including phenoxy) is 1. The van der Waals surface area contributed by atoms with Crippen molar-refractivity contribution in [3.05, 3.63) is 60.7 Å². The first-order valence-electron chi connectivity index (χ1n) is 9.52. The topological polar surface area (TPSA) is 38.7 Å². The highest BCUT2D eigenvalue weighted by Gasteiger charge is 2.57. The molecule has 1 saturated carbocycles. The molecule has 4 rings (SSSR count). The number of hydrogen-bond donors (Lipinski definition) is 1. The number of rotatable bonds is 5. The van der Waals surface area contributed by atoms with Crippen molar-refractivity contribution in [1.82, 2.24) is 0 Å². The van der Waals surface area contributed by atoms with Crippen LogP contribution >= 0.6 is 0 Å². The van der Waals surface area contributed by atoms with E-state index in [9.17, 15) is 5.11 Å². The first-order chi connectivity index (χ1) is 12.4. The van der Waals surface area contributed by atoms with E-state index in [-0.39, 0.29) is 11.1 Å². The summed E-state index contributed by atoms with van der Waals surface area (Å²) in [5.41, 5.74) is 0. The van der Waals surface area contributed by atoms with Crippen molar-refractivity contribution in [2.24, 2.45) is 11.8 Å². The van der Waals surface area contributed by atoms with Crippen LogP contribution in [0.1, 0.15) is 27.2 Å². The summed E-state index contributed by atoms with van der Waals surface area (Å²) in [7, 11) is -2.51. The molecule has 1 N–H and O–H groups in total. The maximum Gasteiger partial charge on any atom is 0.261 e. The lowest BCUT2D eigenvalue weighted by Gasteiger charge is -2.43. The molecule has 0 aromatic heterocycles. The lowest BCUT2D eigenvalue weighted by atomic mass is 10.2. The Morgan fingerprint density at radius 3 is 1.88 bits per heavy atom. The van der Waals surface area contributed by atoms with E-state index in [1.165, 1.54) is 10.4 Å². The van der Waals surface area contributed by atoms with Crippen LogP contribution < -0.4 is 10.4 Å². The van der Waals surface area contributed by atoms with Gasteiger partial charge in [0.15, 0.2) is 6.29 Å². The summed E-state index contributed by atoms with van der Waals surface area (Å²) in [6.07, 6.45) is 0.472. The lowest BCUT2D eigenvalue weighted by molar-refractivity contribution is -0.123. The van der Waals surface area contributed by atoms with Gasteiger partial charge in [0.25, 0.3) is 8.32 Å². The molecule has 0 radical (unpaired) electrons. The first-order valence-corrected chi connectivity index (χ1v) is 11.4. The Kier molecular flexibility index (Phi) is 4.56. The molecular formula is C22H28O3Si. The van der Waals surface area contributed by atoms with E-state index >= 15 is 0 Å². The quantitative estimate of drug-likeness (QED) is 0.825. The van der Waals surface area contributed by atoms with E-state index in [1.54, 1.807) is 0 Å². The van der Waals surface area contributed by atoms with E-state index < -0.39 is 14.6 Å². The summed E-state index contributed by atoms with van der Waals surface area (Å²) in [6, 6.07) is 21.3. The SMILES string of the molecule is CC(C)(C)[Si](OC[C@H]1O[C@H](O)[C@H]2C[C@H]21)(c1ccccc1)c1ccccc1.